The highest BCUT2D eigenvalue weighted by Gasteiger charge is 2.28. The molecule has 0 bridgehead atoms. The minimum Gasteiger partial charge on any atom is -0.484 e. The Kier molecular flexibility index (Phi) is 4.95. The zero-order valence-electron chi connectivity index (χ0n) is 10.8. The molecular weight excluding hydrogens is 277 g/mol. The highest BCUT2D eigenvalue weighted by Crippen LogP contribution is 2.26. The van der Waals surface area contributed by atoms with Gasteiger partial charge in [0, 0.05) is 20.2 Å². The van der Waals surface area contributed by atoms with Gasteiger partial charge in [-0.05, 0) is 24.4 Å². The fourth-order valence-electron chi connectivity index (χ4n) is 1.32. The summed E-state index contributed by atoms with van der Waals surface area (Å²) in [4.78, 5) is 11.9. The van der Waals surface area contributed by atoms with Crippen molar-refractivity contribution in [2.45, 2.75) is 6.18 Å². The smallest absolute Gasteiger partial charge is 0.422 e. The van der Waals surface area contributed by atoms with Gasteiger partial charge < -0.3 is 9.64 Å². The van der Waals surface area contributed by atoms with Crippen LogP contribution in [0, 0.1) is 10.1 Å². The van der Waals surface area contributed by atoms with E-state index in [0.29, 0.717) is 0 Å². The summed E-state index contributed by atoms with van der Waals surface area (Å²) < 4.78 is 40.7. The quantitative estimate of drug-likeness (QED) is 0.617. The molecule has 5 nitrogen and oxygen atoms in total. The standard InChI is InChI=1S/C12H13F3N2O3/c1-16(2)6-5-9-7-10(20-8-12(13,14)15)3-4-11(9)17(18)19/h3-7H,8H2,1-2H3/b6-5+. The molecule has 0 unspecified atom stereocenters. The first-order valence-corrected chi connectivity index (χ1v) is 5.51. The molecule has 0 radical (unpaired) electrons. The number of nitro benzene ring substituents is 1. The van der Waals surface area contributed by atoms with E-state index in [1.54, 1.807) is 25.2 Å². The van der Waals surface area contributed by atoms with Crippen LogP contribution in [0.15, 0.2) is 24.4 Å². The molecule has 1 aromatic carbocycles. The SMILES string of the molecule is CN(C)/C=C/c1cc(OCC(F)(F)F)ccc1[N+](=O)[O-]. The summed E-state index contributed by atoms with van der Waals surface area (Å²) >= 11 is 0. The maximum atomic E-state index is 12.0. The van der Waals surface area contributed by atoms with Crippen molar-refractivity contribution in [1.29, 1.82) is 0 Å². The van der Waals surface area contributed by atoms with Gasteiger partial charge in [-0.1, -0.05) is 0 Å². The van der Waals surface area contributed by atoms with Gasteiger partial charge in [-0.25, -0.2) is 0 Å². The van der Waals surface area contributed by atoms with Gasteiger partial charge in [-0.15, -0.1) is 0 Å². The maximum absolute atomic E-state index is 12.0. The predicted molar refractivity (Wildman–Crippen MR) is 67.4 cm³/mol. The Morgan fingerprint density at radius 3 is 2.55 bits per heavy atom. The van der Waals surface area contributed by atoms with Gasteiger partial charge in [0.25, 0.3) is 5.69 Å². The summed E-state index contributed by atoms with van der Waals surface area (Å²) in [6.45, 7) is -1.44. The van der Waals surface area contributed by atoms with Crippen LogP contribution in [0.25, 0.3) is 6.08 Å². The molecule has 20 heavy (non-hydrogen) atoms. The Hall–Kier alpha value is -2.25. The molecule has 1 rings (SSSR count). The number of benzene rings is 1. The first-order chi connectivity index (χ1) is 9.19. The summed E-state index contributed by atoms with van der Waals surface area (Å²) in [5, 5.41) is 10.8. The van der Waals surface area contributed by atoms with Crippen molar-refractivity contribution in [3.05, 3.63) is 40.1 Å². The first-order valence-electron chi connectivity index (χ1n) is 5.51. The van der Waals surface area contributed by atoms with Gasteiger partial charge in [0.15, 0.2) is 6.61 Å². The van der Waals surface area contributed by atoms with E-state index in [0.717, 1.165) is 12.1 Å². The fraction of sp³-hybridized carbons (Fsp3) is 0.333. The molecule has 0 N–H and O–H groups in total. The van der Waals surface area contributed by atoms with Gasteiger partial charge in [0.2, 0.25) is 0 Å². The van der Waals surface area contributed by atoms with Crippen molar-refractivity contribution in [2.24, 2.45) is 0 Å². The number of ether oxygens (including phenoxy) is 1. The van der Waals surface area contributed by atoms with Crippen LogP contribution in [0.5, 0.6) is 5.75 Å². The predicted octanol–water partition coefficient (Wildman–Crippen LogP) is 3.07. The number of nitro groups is 1. The molecule has 0 saturated carbocycles. The van der Waals surface area contributed by atoms with Gasteiger partial charge in [0.1, 0.15) is 5.75 Å². The molecule has 0 aromatic heterocycles. The van der Waals surface area contributed by atoms with Crippen LogP contribution in [0.2, 0.25) is 0 Å². The van der Waals surface area contributed by atoms with Crippen LogP contribution >= 0.6 is 0 Å². The lowest BCUT2D eigenvalue weighted by Gasteiger charge is -2.10. The number of rotatable bonds is 5. The summed E-state index contributed by atoms with van der Waals surface area (Å²) in [6, 6.07) is 3.45. The minimum absolute atomic E-state index is 0.0775. The third-order valence-corrected chi connectivity index (χ3v) is 2.15. The van der Waals surface area contributed by atoms with Crippen LogP contribution in [-0.2, 0) is 0 Å². The molecule has 0 spiro atoms. The lowest BCUT2D eigenvalue weighted by atomic mass is 10.1. The molecule has 0 heterocycles. The largest absolute Gasteiger partial charge is 0.484 e. The molecule has 0 amide bonds. The summed E-state index contributed by atoms with van der Waals surface area (Å²) in [7, 11) is 3.43. The van der Waals surface area contributed by atoms with E-state index in [-0.39, 0.29) is 17.0 Å². The van der Waals surface area contributed by atoms with Crippen molar-refractivity contribution in [3.8, 4) is 5.75 Å². The first kappa shape index (κ1) is 15.8. The highest BCUT2D eigenvalue weighted by molar-refractivity contribution is 5.62. The summed E-state index contributed by atoms with van der Waals surface area (Å²) in [5.41, 5.74) is -0.0363. The minimum atomic E-state index is -4.46. The van der Waals surface area contributed by atoms with Crippen molar-refractivity contribution in [2.75, 3.05) is 20.7 Å². The van der Waals surface area contributed by atoms with Crippen molar-refractivity contribution in [1.82, 2.24) is 4.90 Å². The van der Waals surface area contributed by atoms with E-state index in [2.05, 4.69) is 4.74 Å². The van der Waals surface area contributed by atoms with Crippen LogP contribution in [0.1, 0.15) is 5.56 Å². The molecule has 0 saturated heterocycles. The number of nitrogens with zero attached hydrogens (tertiary/aromatic N) is 2. The molecular formula is C12H13F3N2O3. The topological polar surface area (TPSA) is 55.6 Å². The lowest BCUT2D eigenvalue weighted by Crippen LogP contribution is -2.19. The molecule has 0 aliphatic heterocycles. The number of halogens is 3. The lowest BCUT2D eigenvalue weighted by molar-refractivity contribution is -0.385. The Morgan fingerprint density at radius 2 is 2.05 bits per heavy atom. The van der Waals surface area contributed by atoms with E-state index < -0.39 is 17.7 Å². The normalized spacial score (nSPS) is 11.7. The third-order valence-electron chi connectivity index (χ3n) is 2.15. The van der Waals surface area contributed by atoms with E-state index in [9.17, 15) is 23.3 Å². The van der Waals surface area contributed by atoms with Crippen molar-refractivity contribution >= 4 is 11.8 Å². The summed E-state index contributed by atoms with van der Waals surface area (Å²) in [6.07, 6.45) is -1.48. The molecule has 0 aliphatic rings. The highest BCUT2D eigenvalue weighted by atomic mass is 19.4. The van der Waals surface area contributed by atoms with Gasteiger partial charge in [-0.3, -0.25) is 10.1 Å². The molecule has 0 aliphatic carbocycles. The molecule has 0 atom stereocenters. The van der Waals surface area contributed by atoms with Crippen LogP contribution in [0.3, 0.4) is 0 Å². The zero-order valence-corrected chi connectivity index (χ0v) is 10.8. The Bertz CT molecular complexity index is 513. The third kappa shape index (κ3) is 5.17. The number of hydrogen-bond acceptors (Lipinski definition) is 4. The molecule has 110 valence electrons. The van der Waals surface area contributed by atoms with Gasteiger partial charge in [0.05, 0.1) is 10.5 Å². The van der Waals surface area contributed by atoms with Crippen LogP contribution in [-0.4, -0.2) is 36.7 Å². The van der Waals surface area contributed by atoms with E-state index in [4.69, 9.17) is 0 Å². The average Bonchev–Trinajstić information content (AvgIpc) is 2.32. The Balaban J connectivity index is 3.01. The fourth-order valence-corrected chi connectivity index (χ4v) is 1.32. The average molecular weight is 290 g/mol. The van der Waals surface area contributed by atoms with Gasteiger partial charge >= 0.3 is 6.18 Å². The van der Waals surface area contributed by atoms with Crippen molar-refractivity contribution in [3.63, 3.8) is 0 Å². The second kappa shape index (κ2) is 6.27. The monoisotopic (exact) mass is 290 g/mol. The van der Waals surface area contributed by atoms with E-state index >= 15 is 0 Å². The van der Waals surface area contributed by atoms with Crippen molar-refractivity contribution < 1.29 is 22.8 Å². The number of alkyl halides is 3. The zero-order chi connectivity index (χ0) is 15.3. The van der Waals surface area contributed by atoms with E-state index in [1.165, 1.54) is 12.1 Å². The Labute approximate surface area is 113 Å². The second-order valence-electron chi connectivity index (χ2n) is 4.16. The molecule has 1 aromatic rings. The van der Waals surface area contributed by atoms with E-state index in [1.807, 2.05) is 0 Å². The van der Waals surface area contributed by atoms with Crippen LogP contribution in [0.4, 0.5) is 18.9 Å². The molecule has 8 heteroatoms. The maximum Gasteiger partial charge on any atom is 0.422 e. The number of hydrogen-bond donors (Lipinski definition) is 0. The molecule has 0 fully saturated rings. The van der Waals surface area contributed by atoms with Crippen LogP contribution < -0.4 is 4.74 Å². The summed E-state index contributed by atoms with van der Waals surface area (Å²) in [5.74, 6) is -0.0775. The second-order valence-corrected chi connectivity index (χ2v) is 4.16. The Morgan fingerprint density at radius 1 is 1.40 bits per heavy atom. The van der Waals surface area contributed by atoms with Gasteiger partial charge in [-0.2, -0.15) is 13.2 Å².